The van der Waals surface area contributed by atoms with Gasteiger partial charge in [-0.15, -0.1) is 0 Å². The number of hydrogen-bond donors (Lipinski definition) is 1. The molecule has 0 atom stereocenters. The molecule has 76 valence electrons. The second-order valence-electron chi connectivity index (χ2n) is 3.17. The fourth-order valence-corrected chi connectivity index (χ4v) is 1.55. The molecule has 0 unspecified atom stereocenters. The van der Waals surface area contributed by atoms with Crippen LogP contribution in [0.2, 0.25) is 0 Å². The number of rotatable bonds is 3. The summed E-state index contributed by atoms with van der Waals surface area (Å²) < 4.78 is 0.974. The molecule has 14 heavy (non-hydrogen) atoms. The largest absolute Gasteiger partial charge is 0.352 e. The van der Waals surface area contributed by atoms with Crippen LogP contribution in [-0.2, 0) is 0 Å². The minimum atomic E-state index is 0.00523. The predicted molar refractivity (Wildman–Crippen MR) is 61.5 cm³/mol. The van der Waals surface area contributed by atoms with Crippen molar-refractivity contribution in [2.75, 3.05) is 6.54 Å². The SMILES string of the molecule is CCCNC(=O)c1cccc(Br)c1C. The lowest BCUT2D eigenvalue weighted by Crippen LogP contribution is -2.24. The molecular weight excluding hydrogens is 242 g/mol. The van der Waals surface area contributed by atoms with Crippen molar-refractivity contribution in [3.63, 3.8) is 0 Å². The molecular formula is C11H14BrNO. The van der Waals surface area contributed by atoms with Gasteiger partial charge in [0.2, 0.25) is 0 Å². The summed E-state index contributed by atoms with van der Waals surface area (Å²) in [5.41, 5.74) is 1.73. The van der Waals surface area contributed by atoms with E-state index in [9.17, 15) is 4.79 Å². The van der Waals surface area contributed by atoms with Crippen LogP contribution in [0.25, 0.3) is 0 Å². The summed E-state index contributed by atoms with van der Waals surface area (Å²) in [6, 6.07) is 5.65. The van der Waals surface area contributed by atoms with Gasteiger partial charge in [0.05, 0.1) is 0 Å². The maximum atomic E-state index is 11.6. The van der Waals surface area contributed by atoms with E-state index < -0.39 is 0 Å². The van der Waals surface area contributed by atoms with Gasteiger partial charge in [-0.1, -0.05) is 28.9 Å². The molecule has 0 aliphatic heterocycles. The van der Waals surface area contributed by atoms with Gasteiger partial charge in [0, 0.05) is 16.6 Å². The van der Waals surface area contributed by atoms with E-state index in [-0.39, 0.29) is 5.91 Å². The minimum absolute atomic E-state index is 0.00523. The Morgan fingerprint density at radius 3 is 2.86 bits per heavy atom. The van der Waals surface area contributed by atoms with Crippen molar-refractivity contribution in [1.29, 1.82) is 0 Å². The van der Waals surface area contributed by atoms with E-state index in [0.717, 1.165) is 28.6 Å². The van der Waals surface area contributed by atoms with Gasteiger partial charge in [-0.25, -0.2) is 0 Å². The van der Waals surface area contributed by atoms with E-state index in [1.54, 1.807) is 0 Å². The molecule has 3 heteroatoms. The number of halogens is 1. The molecule has 0 aliphatic rings. The monoisotopic (exact) mass is 255 g/mol. The van der Waals surface area contributed by atoms with Crippen LogP contribution in [-0.4, -0.2) is 12.5 Å². The molecule has 2 nitrogen and oxygen atoms in total. The number of nitrogens with one attached hydrogen (secondary N) is 1. The predicted octanol–water partition coefficient (Wildman–Crippen LogP) is 2.90. The highest BCUT2D eigenvalue weighted by Crippen LogP contribution is 2.19. The summed E-state index contributed by atoms with van der Waals surface area (Å²) in [5, 5.41) is 2.86. The lowest BCUT2D eigenvalue weighted by molar-refractivity contribution is 0.0953. The lowest BCUT2D eigenvalue weighted by Gasteiger charge is -2.07. The van der Waals surface area contributed by atoms with Crippen molar-refractivity contribution in [3.05, 3.63) is 33.8 Å². The van der Waals surface area contributed by atoms with Gasteiger partial charge >= 0.3 is 0 Å². The fourth-order valence-electron chi connectivity index (χ4n) is 1.19. The Morgan fingerprint density at radius 1 is 1.50 bits per heavy atom. The summed E-state index contributed by atoms with van der Waals surface area (Å²) in [6.45, 7) is 4.70. The van der Waals surface area contributed by atoms with Crippen molar-refractivity contribution < 1.29 is 4.79 Å². The Labute approximate surface area is 92.8 Å². The average Bonchev–Trinajstić information content (AvgIpc) is 2.18. The van der Waals surface area contributed by atoms with Gasteiger partial charge in [-0.2, -0.15) is 0 Å². The summed E-state index contributed by atoms with van der Waals surface area (Å²) in [5.74, 6) is 0.00523. The van der Waals surface area contributed by atoms with Gasteiger partial charge in [-0.3, -0.25) is 4.79 Å². The Balaban J connectivity index is 2.84. The zero-order chi connectivity index (χ0) is 10.6. The van der Waals surface area contributed by atoms with Crippen LogP contribution in [0, 0.1) is 6.92 Å². The zero-order valence-electron chi connectivity index (χ0n) is 8.43. The third kappa shape index (κ3) is 2.58. The van der Waals surface area contributed by atoms with Crippen molar-refractivity contribution in [1.82, 2.24) is 5.32 Å². The standard InChI is InChI=1S/C11H14BrNO/c1-3-7-13-11(14)9-5-4-6-10(12)8(9)2/h4-6H,3,7H2,1-2H3,(H,13,14). The molecule has 0 spiro atoms. The normalized spacial score (nSPS) is 9.93. The van der Waals surface area contributed by atoms with Crippen molar-refractivity contribution in [3.8, 4) is 0 Å². The summed E-state index contributed by atoms with van der Waals surface area (Å²) in [4.78, 5) is 11.6. The maximum Gasteiger partial charge on any atom is 0.251 e. The maximum absolute atomic E-state index is 11.6. The first-order valence-electron chi connectivity index (χ1n) is 4.70. The van der Waals surface area contributed by atoms with Crippen LogP contribution < -0.4 is 5.32 Å². The van der Waals surface area contributed by atoms with Crippen LogP contribution in [0.5, 0.6) is 0 Å². The average molecular weight is 256 g/mol. The molecule has 1 aromatic rings. The van der Waals surface area contributed by atoms with Gasteiger partial charge in [0.15, 0.2) is 0 Å². The smallest absolute Gasteiger partial charge is 0.251 e. The molecule has 1 rings (SSSR count). The molecule has 0 saturated carbocycles. The zero-order valence-corrected chi connectivity index (χ0v) is 10.0. The summed E-state index contributed by atoms with van der Waals surface area (Å²) >= 11 is 3.40. The van der Waals surface area contributed by atoms with Gasteiger partial charge in [0.25, 0.3) is 5.91 Å². The second-order valence-corrected chi connectivity index (χ2v) is 4.02. The molecule has 1 aromatic carbocycles. The van der Waals surface area contributed by atoms with Crippen LogP contribution in [0.15, 0.2) is 22.7 Å². The molecule has 0 saturated heterocycles. The van der Waals surface area contributed by atoms with Crippen LogP contribution >= 0.6 is 15.9 Å². The lowest BCUT2D eigenvalue weighted by atomic mass is 10.1. The third-order valence-electron chi connectivity index (χ3n) is 2.05. The third-order valence-corrected chi connectivity index (χ3v) is 2.91. The highest BCUT2D eigenvalue weighted by Gasteiger charge is 2.08. The molecule has 0 radical (unpaired) electrons. The highest BCUT2D eigenvalue weighted by atomic mass is 79.9. The number of hydrogen-bond acceptors (Lipinski definition) is 1. The second kappa shape index (κ2) is 5.15. The van der Waals surface area contributed by atoms with E-state index >= 15 is 0 Å². The molecule has 0 heterocycles. The van der Waals surface area contributed by atoms with E-state index in [1.807, 2.05) is 32.0 Å². The van der Waals surface area contributed by atoms with Gasteiger partial charge < -0.3 is 5.32 Å². The Morgan fingerprint density at radius 2 is 2.21 bits per heavy atom. The van der Waals surface area contributed by atoms with Crippen LogP contribution in [0.1, 0.15) is 29.3 Å². The first-order valence-corrected chi connectivity index (χ1v) is 5.49. The van der Waals surface area contributed by atoms with E-state index in [1.165, 1.54) is 0 Å². The van der Waals surface area contributed by atoms with Crippen molar-refractivity contribution in [2.45, 2.75) is 20.3 Å². The molecule has 0 fully saturated rings. The van der Waals surface area contributed by atoms with Crippen molar-refractivity contribution >= 4 is 21.8 Å². The van der Waals surface area contributed by atoms with Gasteiger partial charge in [-0.05, 0) is 31.0 Å². The molecule has 0 aromatic heterocycles. The Hall–Kier alpha value is -0.830. The van der Waals surface area contributed by atoms with Crippen LogP contribution in [0.4, 0.5) is 0 Å². The number of amides is 1. The molecule has 0 aliphatic carbocycles. The summed E-state index contributed by atoms with van der Waals surface area (Å²) in [7, 11) is 0. The Kier molecular flexibility index (Phi) is 4.14. The number of benzene rings is 1. The van der Waals surface area contributed by atoms with Gasteiger partial charge in [0.1, 0.15) is 0 Å². The van der Waals surface area contributed by atoms with E-state index in [2.05, 4.69) is 21.2 Å². The van der Waals surface area contributed by atoms with Crippen molar-refractivity contribution in [2.24, 2.45) is 0 Å². The molecule has 1 amide bonds. The van der Waals surface area contributed by atoms with Crippen LogP contribution in [0.3, 0.4) is 0 Å². The number of carbonyl (C=O) groups is 1. The minimum Gasteiger partial charge on any atom is -0.352 e. The highest BCUT2D eigenvalue weighted by molar-refractivity contribution is 9.10. The quantitative estimate of drug-likeness (QED) is 0.885. The van der Waals surface area contributed by atoms with E-state index in [4.69, 9.17) is 0 Å². The molecule has 0 bridgehead atoms. The first kappa shape index (κ1) is 11.2. The topological polar surface area (TPSA) is 29.1 Å². The molecule has 1 N–H and O–H groups in total. The summed E-state index contributed by atoms with van der Waals surface area (Å²) in [6.07, 6.45) is 0.957. The Bertz CT molecular complexity index is 336. The number of carbonyl (C=O) groups excluding carboxylic acids is 1. The van der Waals surface area contributed by atoms with E-state index in [0.29, 0.717) is 0 Å². The first-order chi connectivity index (χ1) is 6.66. The fraction of sp³-hybridized carbons (Fsp3) is 0.364.